The summed E-state index contributed by atoms with van der Waals surface area (Å²) >= 11 is 0. The third-order valence-electron chi connectivity index (χ3n) is 16.6. The fraction of sp³-hybridized carbons (Fsp3) is 0.708. The number of carbonyl (C=O) groups excluding carboxylic acids is 3. The Morgan fingerprint density at radius 1 is 0.909 bits per heavy atom. The molecule has 0 radical (unpaired) electrons. The highest BCUT2D eigenvalue weighted by atomic mass is 16.5. The summed E-state index contributed by atoms with van der Waals surface area (Å²) in [4.78, 5) is 52.2. The zero-order valence-corrected chi connectivity index (χ0v) is 35.4. The molecule has 6 rings (SSSR count). The van der Waals surface area contributed by atoms with Crippen LogP contribution in [0.5, 0.6) is 0 Å². The molecular weight excluding hydrogens is 689 g/mol. The van der Waals surface area contributed by atoms with Crippen LogP contribution in [-0.4, -0.2) is 41.0 Å². The van der Waals surface area contributed by atoms with Crippen molar-refractivity contribution >= 4 is 23.7 Å². The predicted octanol–water partition coefficient (Wildman–Crippen LogP) is 10.5. The first-order valence-corrected chi connectivity index (χ1v) is 21.1. The van der Waals surface area contributed by atoms with Gasteiger partial charge in [0.25, 0.3) is 0 Å². The summed E-state index contributed by atoms with van der Waals surface area (Å²) in [5, 5.41) is 9.64. The van der Waals surface area contributed by atoms with E-state index in [1.54, 1.807) is 13.8 Å². The molecule has 7 heteroatoms. The van der Waals surface area contributed by atoms with Gasteiger partial charge in [-0.15, -0.1) is 0 Å². The molecule has 0 amide bonds. The molecule has 0 saturated heterocycles. The SMILES string of the molecule is C=C(Cc1ccccc1)C[C@@H](OC(C)=O)[C@@]12CC[C@]3(C)[C@H](CC[C@@H]4[C@@]5(C)CC[C@H](OC(=O)CC(C)(C)C(=O)O)C(C)(C)[C@@H]5CC[C@]43C)C1=C(C(C)C)C(=O)C2. The van der Waals surface area contributed by atoms with Crippen LogP contribution >= 0.6 is 0 Å². The molecule has 0 unspecified atom stereocenters. The van der Waals surface area contributed by atoms with Crippen LogP contribution in [0, 0.1) is 56.2 Å². The van der Waals surface area contributed by atoms with Crippen molar-refractivity contribution in [2.75, 3.05) is 0 Å². The number of hydrogen-bond acceptors (Lipinski definition) is 6. The second kappa shape index (κ2) is 14.3. The van der Waals surface area contributed by atoms with Gasteiger partial charge < -0.3 is 14.6 Å². The Balaban J connectivity index is 1.32. The number of rotatable bonds is 11. The molecule has 9 atom stereocenters. The van der Waals surface area contributed by atoms with E-state index in [1.807, 2.05) is 18.2 Å². The number of aliphatic carboxylic acids is 1. The molecule has 0 heterocycles. The molecule has 5 aliphatic rings. The van der Waals surface area contributed by atoms with Gasteiger partial charge in [-0.2, -0.15) is 0 Å². The van der Waals surface area contributed by atoms with E-state index in [2.05, 4.69) is 67.2 Å². The van der Waals surface area contributed by atoms with Gasteiger partial charge in [-0.1, -0.05) is 91.0 Å². The van der Waals surface area contributed by atoms with Crippen molar-refractivity contribution in [3.8, 4) is 0 Å². The number of carboxylic acids is 1. The molecule has 0 bridgehead atoms. The zero-order valence-electron chi connectivity index (χ0n) is 35.4. The second-order valence-corrected chi connectivity index (χ2v) is 20.8. The van der Waals surface area contributed by atoms with Crippen LogP contribution in [0.3, 0.4) is 0 Å². The van der Waals surface area contributed by atoms with Gasteiger partial charge in [-0.25, -0.2) is 0 Å². The number of ketones is 1. The standard InChI is InChI=1S/C48H68O7/c1-29(2)40-34(50)27-48(38(54-31(4)49)26-30(3)25-32-15-13-12-14-16-32)24-23-46(10)33(41(40)48)17-18-36-45(9)21-20-37(55-39(51)28-43(5,6)42(52)53)44(7,8)35(45)19-22-47(36,46)11/h12-16,29,33,35-38H,3,17-28H2,1-2,4-11H3,(H,52,53)/t33-,35+,36-,37+,38-,45+,46-,47-,48+/m1/s1. The lowest BCUT2D eigenvalue weighted by molar-refractivity contribution is -0.235. The number of Topliss-reactive ketones (excluding diaryl/α,β-unsaturated/α-hetero) is 1. The molecule has 1 N–H and O–H groups in total. The molecule has 55 heavy (non-hydrogen) atoms. The van der Waals surface area contributed by atoms with Gasteiger partial charge in [-0.05, 0) is 128 Å². The number of hydrogen-bond donors (Lipinski definition) is 1. The molecule has 7 nitrogen and oxygen atoms in total. The average Bonchev–Trinajstić information content (AvgIpc) is 3.39. The van der Waals surface area contributed by atoms with Gasteiger partial charge in [0.15, 0.2) is 5.78 Å². The van der Waals surface area contributed by atoms with Crippen LogP contribution in [0.1, 0.15) is 145 Å². The first-order valence-electron chi connectivity index (χ1n) is 21.1. The van der Waals surface area contributed by atoms with Crippen LogP contribution in [0.25, 0.3) is 0 Å². The highest BCUT2D eigenvalue weighted by Gasteiger charge is 2.71. The summed E-state index contributed by atoms with van der Waals surface area (Å²) in [7, 11) is 0. The van der Waals surface area contributed by atoms with Crippen molar-refractivity contribution in [2.45, 2.75) is 158 Å². The normalized spacial score (nSPS) is 35.9. The maximum Gasteiger partial charge on any atom is 0.309 e. The van der Waals surface area contributed by atoms with E-state index in [4.69, 9.17) is 9.47 Å². The minimum absolute atomic E-state index is 0.0208. The lowest BCUT2D eigenvalue weighted by atomic mass is 9.33. The van der Waals surface area contributed by atoms with Crippen molar-refractivity contribution in [1.29, 1.82) is 0 Å². The predicted molar refractivity (Wildman–Crippen MR) is 215 cm³/mol. The maximum absolute atomic E-state index is 14.3. The summed E-state index contributed by atoms with van der Waals surface area (Å²) in [5.74, 6) is -0.392. The van der Waals surface area contributed by atoms with Gasteiger partial charge in [0.05, 0.1) is 11.8 Å². The smallest absolute Gasteiger partial charge is 0.309 e. The van der Waals surface area contributed by atoms with Crippen LogP contribution in [-0.2, 0) is 35.1 Å². The first-order chi connectivity index (χ1) is 25.5. The topological polar surface area (TPSA) is 107 Å². The Labute approximate surface area is 330 Å². The number of ether oxygens (including phenoxy) is 2. The van der Waals surface area contributed by atoms with E-state index in [-0.39, 0.29) is 57.8 Å². The van der Waals surface area contributed by atoms with E-state index in [1.165, 1.54) is 18.1 Å². The third-order valence-corrected chi connectivity index (χ3v) is 16.6. The first kappa shape index (κ1) is 41.4. The fourth-order valence-corrected chi connectivity index (χ4v) is 13.7. The monoisotopic (exact) mass is 756 g/mol. The number of carboxylic acid groups (broad SMARTS) is 1. The van der Waals surface area contributed by atoms with Crippen molar-refractivity contribution < 1.29 is 33.8 Å². The Morgan fingerprint density at radius 3 is 2.20 bits per heavy atom. The molecule has 5 aliphatic carbocycles. The Kier molecular flexibility index (Phi) is 10.8. The Morgan fingerprint density at radius 2 is 1.58 bits per heavy atom. The summed E-state index contributed by atoms with van der Waals surface area (Å²) in [6.07, 6.45) is 8.47. The van der Waals surface area contributed by atoms with Gasteiger partial charge in [0.1, 0.15) is 12.2 Å². The molecule has 0 spiro atoms. The lowest BCUT2D eigenvalue weighted by Gasteiger charge is -2.72. The Hall–Kier alpha value is -3.22. The van der Waals surface area contributed by atoms with Gasteiger partial charge in [0.2, 0.25) is 0 Å². The highest BCUT2D eigenvalue weighted by Crippen LogP contribution is 2.77. The number of esters is 2. The number of allylic oxidation sites excluding steroid dienone is 1. The largest absolute Gasteiger partial charge is 0.481 e. The highest BCUT2D eigenvalue weighted by molar-refractivity contribution is 6.01. The Bertz CT molecular complexity index is 1750. The van der Waals surface area contributed by atoms with E-state index in [0.717, 1.165) is 62.5 Å². The van der Waals surface area contributed by atoms with Gasteiger partial charge in [-0.3, -0.25) is 19.2 Å². The summed E-state index contributed by atoms with van der Waals surface area (Å²) in [5.41, 5.74) is 2.52. The van der Waals surface area contributed by atoms with Crippen LogP contribution in [0.4, 0.5) is 0 Å². The maximum atomic E-state index is 14.3. The lowest BCUT2D eigenvalue weighted by Crippen LogP contribution is -2.66. The summed E-state index contributed by atoms with van der Waals surface area (Å²) < 4.78 is 12.5. The fourth-order valence-electron chi connectivity index (χ4n) is 13.7. The summed E-state index contributed by atoms with van der Waals surface area (Å²) in [6, 6.07) is 10.3. The molecule has 4 fully saturated rings. The third kappa shape index (κ3) is 6.75. The minimum Gasteiger partial charge on any atom is -0.481 e. The second-order valence-electron chi connectivity index (χ2n) is 20.8. The summed E-state index contributed by atoms with van der Waals surface area (Å²) in [6.45, 7) is 25.6. The van der Waals surface area contributed by atoms with Crippen molar-refractivity contribution in [1.82, 2.24) is 0 Å². The number of carbonyl (C=O) groups is 4. The molecule has 4 saturated carbocycles. The number of fused-ring (bicyclic) bond motifs is 7. The number of benzene rings is 1. The quantitative estimate of drug-likeness (QED) is 0.177. The van der Waals surface area contributed by atoms with E-state index in [0.29, 0.717) is 31.1 Å². The molecule has 302 valence electrons. The molecule has 1 aromatic carbocycles. The minimum atomic E-state index is -1.17. The van der Waals surface area contributed by atoms with Crippen molar-refractivity contribution in [2.24, 2.45) is 56.2 Å². The van der Waals surface area contributed by atoms with E-state index >= 15 is 0 Å². The molecule has 0 aromatic heterocycles. The molecule has 1 aromatic rings. The van der Waals surface area contributed by atoms with Crippen molar-refractivity contribution in [3.63, 3.8) is 0 Å². The van der Waals surface area contributed by atoms with Crippen LogP contribution < -0.4 is 0 Å². The van der Waals surface area contributed by atoms with E-state index < -0.39 is 28.9 Å². The molecular formula is C48H68O7. The van der Waals surface area contributed by atoms with Crippen LogP contribution in [0.2, 0.25) is 0 Å². The van der Waals surface area contributed by atoms with Crippen molar-refractivity contribution in [3.05, 3.63) is 59.2 Å². The zero-order chi connectivity index (χ0) is 40.5. The molecule has 0 aliphatic heterocycles. The average molecular weight is 757 g/mol. The van der Waals surface area contributed by atoms with E-state index in [9.17, 15) is 24.3 Å². The van der Waals surface area contributed by atoms with Gasteiger partial charge in [0, 0.05) is 30.6 Å². The van der Waals surface area contributed by atoms with Crippen LogP contribution in [0.15, 0.2) is 53.6 Å². The van der Waals surface area contributed by atoms with Gasteiger partial charge >= 0.3 is 17.9 Å².